The average molecular weight is 231 g/mol. The van der Waals surface area contributed by atoms with Gasteiger partial charge in [-0.15, -0.1) is 6.58 Å². The van der Waals surface area contributed by atoms with E-state index in [0.717, 1.165) is 0 Å². The van der Waals surface area contributed by atoms with Crippen molar-refractivity contribution in [1.29, 1.82) is 0 Å². The lowest BCUT2D eigenvalue weighted by Gasteiger charge is -2.30. The van der Waals surface area contributed by atoms with Crippen LogP contribution < -0.4 is 0 Å². The van der Waals surface area contributed by atoms with Crippen LogP contribution in [0.3, 0.4) is 0 Å². The summed E-state index contributed by atoms with van der Waals surface area (Å²) in [5.74, 6) is -1.94. The fourth-order valence-corrected chi connectivity index (χ4v) is 1.86. The summed E-state index contributed by atoms with van der Waals surface area (Å²) in [6.45, 7) is 3.90. The number of ether oxygens (including phenoxy) is 1. The van der Waals surface area contributed by atoms with Gasteiger partial charge in [-0.2, -0.15) is 0 Å². The molecule has 0 aromatic rings. The Morgan fingerprint density at radius 3 is 2.88 bits per heavy atom. The number of fused-ring (bicyclic) bond motifs is 1. The molecule has 1 saturated heterocycles. The van der Waals surface area contributed by atoms with Gasteiger partial charge in [0.1, 0.15) is 6.10 Å². The molecule has 0 saturated carbocycles. The zero-order valence-electron chi connectivity index (χ0n) is 9.28. The molecule has 17 heavy (non-hydrogen) atoms. The van der Waals surface area contributed by atoms with Crippen LogP contribution in [-0.4, -0.2) is 30.6 Å². The maximum atomic E-state index is 12.1. The minimum atomic E-state index is -0.882. The van der Waals surface area contributed by atoms with E-state index in [1.54, 1.807) is 30.4 Å². The van der Waals surface area contributed by atoms with E-state index in [1.165, 1.54) is 6.21 Å². The molecule has 1 aliphatic carbocycles. The summed E-state index contributed by atoms with van der Waals surface area (Å²) in [6, 6.07) is 0. The van der Waals surface area contributed by atoms with E-state index in [2.05, 4.69) is 11.6 Å². The van der Waals surface area contributed by atoms with Gasteiger partial charge >= 0.3 is 5.97 Å². The summed E-state index contributed by atoms with van der Waals surface area (Å²) < 4.78 is 5.19. The molecule has 0 aromatic heterocycles. The van der Waals surface area contributed by atoms with Gasteiger partial charge in [0.2, 0.25) is 0 Å². The second kappa shape index (κ2) is 4.91. The van der Waals surface area contributed by atoms with Crippen LogP contribution in [0.15, 0.2) is 42.0 Å². The zero-order valence-corrected chi connectivity index (χ0v) is 9.28. The van der Waals surface area contributed by atoms with Crippen LogP contribution in [-0.2, 0) is 14.3 Å². The van der Waals surface area contributed by atoms with E-state index in [0.29, 0.717) is 6.54 Å². The second-order valence-electron chi connectivity index (χ2n) is 3.88. The molecule has 2 rings (SSSR count). The van der Waals surface area contributed by atoms with Crippen molar-refractivity contribution in [3.8, 4) is 0 Å². The molecular weight excluding hydrogens is 218 g/mol. The van der Waals surface area contributed by atoms with E-state index < -0.39 is 18.0 Å². The van der Waals surface area contributed by atoms with Crippen molar-refractivity contribution >= 4 is 18.0 Å². The van der Waals surface area contributed by atoms with Gasteiger partial charge in [-0.3, -0.25) is 14.6 Å². The highest BCUT2D eigenvalue weighted by molar-refractivity contribution is 6.14. The lowest BCUT2D eigenvalue weighted by molar-refractivity contribution is -0.161. The minimum absolute atomic E-state index is 0.153. The number of carbonyl (C=O) groups is 2. The molecule has 2 aliphatic rings. The SMILES string of the molecule is C=CCN=CC1C(=O)OC2C=CC=CC2C1=O. The number of ketones is 1. The molecule has 0 spiro atoms. The smallest absolute Gasteiger partial charge is 0.322 e. The number of Topliss-reactive ketones (excluding diaryl/α,β-unsaturated/α-hetero) is 1. The predicted molar refractivity (Wildman–Crippen MR) is 63.7 cm³/mol. The Morgan fingerprint density at radius 1 is 1.35 bits per heavy atom. The molecule has 0 N–H and O–H groups in total. The summed E-state index contributed by atoms with van der Waals surface area (Å²) in [5.41, 5.74) is 0. The van der Waals surface area contributed by atoms with Gasteiger partial charge in [-0.1, -0.05) is 24.3 Å². The monoisotopic (exact) mass is 231 g/mol. The van der Waals surface area contributed by atoms with Crippen LogP contribution in [0, 0.1) is 11.8 Å². The van der Waals surface area contributed by atoms with Crippen molar-refractivity contribution < 1.29 is 14.3 Å². The van der Waals surface area contributed by atoms with Crippen LogP contribution in [0.4, 0.5) is 0 Å². The maximum absolute atomic E-state index is 12.1. The highest BCUT2D eigenvalue weighted by Gasteiger charge is 2.42. The van der Waals surface area contributed by atoms with Crippen LogP contribution >= 0.6 is 0 Å². The van der Waals surface area contributed by atoms with Gasteiger partial charge in [0.05, 0.1) is 12.5 Å². The minimum Gasteiger partial charge on any atom is -0.456 e. The molecule has 3 atom stereocenters. The van der Waals surface area contributed by atoms with Crippen LogP contribution in [0.5, 0.6) is 0 Å². The van der Waals surface area contributed by atoms with Crippen molar-refractivity contribution in [2.24, 2.45) is 16.8 Å². The first-order chi connectivity index (χ1) is 8.24. The summed E-state index contributed by atoms with van der Waals surface area (Å²) in [5, 5.41) is 0. The van der Waals surface area contributed by atoms with Gasteiger partial charge in [0.15, 0.2) is 11.7 Å². The highest BCUT2D eigenvalue weighted by Crippen LogP contribution is 2.26. The number of hydrogen-bond donors (Lipinski definition) is 0. The summed E-state index contributed by atoms with van der Waals surface area (Å²) >= 11 is 0. The summed E-state index contributed by atoms with van der Waals surface area (Å²) in [7, 11) is 0. The Kier molecular flexibility index (Phi) is 3.32. The van der Waals surface area contributed by atoms with Crippen molar-refractivity contribution in [1.82, 2.24) is 0 Å². The van der Waals surface area contributed by atoms with Gasteiger partial charge in [0, 0.05) is 6.21 Å². The van der Waals surface area contributed by atoms with E-state index in [1.807, 2.05) is 0 Å². The van der Waals surface area contributed by atoms with E-state index in [4.69, 9.17) is 4.74 Å². The quantitative estimate of drug-likeness (QED) is 0.316. The largest absolute Gasteiger partial charge is 0.456 e. The van der Waals surface area contributed by atoms with Crippen LogP contribution in [0.1, 0.15) is 0 Å². The lowest BCUT2D eigenvalue weighted by atomic mass is 9.84. The molecule has 0 amide bonds. The Balaban J connectivity index is 2.16. The van der Waals surface area contributed by atoms with Crippen LogP contribution in [0.25, 0.3) is 0 Å². The fraction of sp³-hybridized carbons (Fsp3) is 0.308. The summed E-state index contributed by atoms with van der Waals surface area (Å²) in [6.07, 6.45) is 9.54. The molecule has 3 unspecified atom stereocenters. The standard InChI is InChI=1S/C13H13NO3/c1-2-7-14-8-10-12(15)9-5-3-4-6-11(9)17-13(10)16/h2-6,8-11H,1,7H2. The highest BCUT2D eigenvalue weighted by atomic mass is 16.5. The molecule has 1 heterocycles. The van der Waals surface area contributed by atoms with E-state index in [-0.39, 0.29) is 11.7 Å². The Bertz CT molecular complexity index is 434. The molecule has 1 fully saturated rings. The number of esters is 1. The molecule has 0 bridgehead atoms. The number of aliphatic imine (C=N–C) groups is 1. The number of hydrogen-bond acceptors (Lipinski definition) is 4. The van der Waals surface area contributed by atoms with Gasteiger partial charge in [-0.05, 0) is 6.08 Å². The molecule has 1 aliphatic heterocycles. The average Bonchev–Trinajstić information content (AvgIpc) is 2.33. The number of carbonyl (C=O) groups excluding carboxylic acids is 2. The van der Waals surface area contributed by atoms with E-state index in [9.17, 15) is 9.59 Å². The Labute approximate surface area is 99.4 Å². The lowest BCUT2D eigenvalue weighted by Crippen LogP contribution is -2.45. The van der Waals surface area contributed by atoms with E-state index >= 15 is 0 Å². The van der Waals surface area contributed by atoms with Crippen molar-refractivity contribution in [2.45, 2.75) is 6.10 Å². The summed E-state index contributed by atoms with van der Waals surface area (Å²) in [4.78, 5) is 27.6. The van der Waals surface area contributed by atoms with Crippen molar-refractivity contribution in [3.63, 3.8) is 0 Å². The third-order valence-electron chi connectivity index (χ3n) is 2.71. The number of allylic oxidation sites excluding steroid dienone is 2. The zero-order chi connectivity index (χ0) is 12.3. The van der Waals surface area contributed by atoms with Gasteiger partial charge in [0.25, 0.3) is 0 Å². The maximum Gasteiger partial charge on any atom is 0.322 e. The normalized spacial score (nSPS) is 31.4. The second-order valence-corrected chi connectivity index (χ2v) is 3.88. The molecule has 0 radical (unpaired) electrons. The molecule has 4 nitrogen and oxygen atoms in total. The Hall–Kier alpha value is -1.97. The number of rotatable bonds is 3. The fourth-order valence-electron chi connectivity index (χ4n) is 1.86. The Morgan fingerprint density at radius 2 is 2.12 bits per heavy atom. The third-order valence-corrected chi connectivity index (χ3v) is 2.71. The molecule has 88 valence electrons. The topological polar surface area (TPSA) is 55.7 Å². The van der Waals surface area contributed by atoms with Crippen molar-refractivity contribution in [3.05, 3.63) is 37.0 Å². The number of nitrogens with zero attached hydrogens (tertiary/aromatic N) is 1. The molecule has 4 heteroatoms. The van der Waals surface area contributed by atoms with Crippen molar-refractivity contribution in [2.75, 3.05) is 6.54 Å². The first kappa shape index (κ1) is 11.5. The first-order valence-corrected chi connectivity index (χ1v) is 5.44. The molecular formula is C13H13NO3. The predicted octanol–water partition coefficient (Wildman–Crippen LogP) is 1.10. The van der Waals surface area contributed by atoms with Crippen LogP contribution in [0.2, 0.25) is 0 Å². The molecule has 0 aromatic carbocycles. The first-order valence-electron chi connectivity index (χ1n) is 5.44. The van der Waals surface area contributed by atoms with Gasteiger partial charge < -0.3 is 4.74 Å². The third kappa shape index (κ3) is 2.25. The van der Waals surface area contributed by atoms with Gasteiger partial charge in [-0.25, -0.2) is 0 Å².